The first-order valence-electron chi connectivity index (χ1n) is 3.87. The molecular formula is C9H8BrNO2. The Hall–Kier alpha value is -1.03. The predicted octanol–water partition coefficient (Wildman–Crippen LogP) is 1.95. The van der Waals surface area contributed by atoms with E-state index < -0.39 is 0 Å². The minimum Gasteiger partial charge on any atom is -0.495 e. The SMILES string of the molecule is COc1cc(Br)cc2c1NC(=O)C2. The average Bonchev–Trinajstić information content (AvgIpc) is 2.43. The van der Waals surface area contributed by atoms with Crippen molar-refractivity contribution in [3.63, 3.8) is 0 Å². The molecule has 1 N–H and O–H groups in total. The molecule has 13 heavy (non-hydrogen) atoms. The molecule has 0 aliphatic carbocycles. The molecule has 0 aromatic heterocycles. The van der Waals surface area contributed by atoms with E-state index >= 15 is 0 Å². The van der Waals surface area contributed by atoms with Crippen LogP contribution in [0.15, 0.2) is 16.6 Å². The van der Waals surface area contributed by atoms with Gasteiger partial charge in [-0.25, -0.2) is 0 Å². The number of methoxy groups -OCH3 is 1. The maximum Gasteiger partial charge on any atom is 0.228 e. The Balaban J connectivity index is 2.56. The minimum absolute atomic E-state index is 0.0198. The lowest BCUT2D eigenvalue weighted by molar-refractivity contribution is -0.115. The van der Waals surface area contributed by atoms with E-state index in [1.807, 2.05) is 12.1 Å². The summed E-state index contributed by atoms with van der Waals surface area (Å²) in [6.45, 7) is 0. The molecule has 1 aliphatic heterocycles. The molecule has 1 aliphatic rings. The van der Waals surface area contributed by atoms with E-state index in [1.165, 1.54) is 0 Å². The highest BCUT2D eigenvalue weighted by molar-refractivity contribution is 9.10. The van der Waals surface area contributed by atoms with Crippen LogP contribution in [-0.2, 0) is 11.2 Å². The zero-order chi connectivity index (χ0) is 9.42. The Morgan fingerprint density at radius 1 is 1.54 bits per heavy atom. The lowest BCUT2D eigenvalue weighted by Gasteiger charge is -2.06. The van der Waals surface area contributed by atoms with Gasteiger partial charge in [0.25, 0.3) is 0 Å². The number of carbonyl (C=O) groups excluding carboxylic acids is 1. The lowest BCUT2D eigenvalue weighted by Crippen LogP contribution is -2.04. The Bertz CT molecular complexity index is 376. The van der Waals surface area contributed by atoms with Crippen molar-refractivity contribution < 1.29 is 9.53 Å². The summed E-state index contributed by atoms with van der Waals surface area (Å²) in [6.07, 6.45) is 0.436. The maximum atomic E-state index is 11.1. The van der Waals surface area contributed by atoms with Gasteiger partial charge in [-0.2, -0.15) is 0 Å². The predicted molar refractivity (Wildman–Crippen MR) is 53.0 cm³/mol. The highest BCUT2D eigenvalue weighted by Gasteiger charge is 2.21. The Morgan fingerprint density at radius 2 is 2.31 bits per heavy atom. The Morgan fingerprint density at radius 3 is 3.00 bits per heavy atom. The molecule has 1 heterocycles. The van der Waals surface area contributed by atoms with Crippen LogP contribution in [0, 0.1) is 0 Å². The van der Waals surface area contributed by atoms with Gasteiger partial charge in [0.2, 0.25) is 5.91 Å². The number of amides is 1. The summed E-state index contributed by atoms with van der Waals surface area (Å²) in [4.78, 5) is 11.1. The van der Waals surface area contributed by atoms with E-state index in [0.717, 1.165) is 15.7 Å². The molecule has 2 rings (SSSR count). The van der Waals surface area contributed by atoms with Crippen LogP contribution in [0.2, 0.25) is 0 Å². The lowest BCUT2D eigenvalue weighted by atomic mass is 10.1. The van der Waals surface area contributed by atoms with Gasteiger partial charge >= 0.3 is 0 Å². The van der Waals surface area contributed by atoms with Crippen LogP contribution in [-0.4, -0.2) is 13.0 Å². The van der Waals surface area contributed by atoms with Gasteiger partial charge in [0.15, 0.2) is 0 Å². The number of nitrogens with one attached hydrogen (secondary N) is 1. The van der Waals surface area contributed by atoms with E-state index in [9.17, 15) is 4.79 Å². The van der Waals surface area contributed by atoms with Crippen molar-refractivity contribution in [1.82, 2.24) is 0 Å². The molecule has 0 spiro atoms. The molecule has 0 unspecified atom stereocenters. The van der Waals surface area contributed by atoms with Gasteiger partial charge in [0.1, 0.15) is 5.75 Å². The molecule has 0 fully saturated rings. The summed E-state index contributed by atoms with van der Waals surface area (Å²) in [7, 11) is 1.59. The fraction of sp³-hybridized carbons (Fsp3) is 0.222. The van der Waals surface area contributed by atoms with Gasteiger partial charge in [0, 0.05) is 4.47 Å². The van der Waals surface area contributed by atoms with Gasteiger partial charge in [-0.1, -0.05) is 15.9 Å². The Labute approximate surface area is 84.2 Å². The number of carbonyl (C=O) groups is 1. The summed E-state index contributed by atoms with van der Waals surface area (Å²) in [5.74, 6) is 0.724. The quantitative estimate of drug-likeness (QED) is 0.817. The first-order chi connectivity index (χ1) is 6.20. The van der Waals surface area contributed by atoms with Gasteiger partial charge in [-0.15, -0.1) is 0 Å². The van der Waals surface area contributed by atoms with Crippen molar-refractivity contribution >= 4 is 27.5 Å². The monoisotopic (exact) mass is 241 g/mol. The van der Waals surface area contributed by atoms with Crippen LogP contribution in [0.5, 0.6) is 5.75 Å². The largest absolute Gasteiger partial charge is 0.495 e. The second-order valence-electron chi connectivity index (χ2n) is 2.87. The normalized spacial score (nSPS) is 13.8. The second kappa shape index (κ2) is 3.03. The zero-order valence-electron chi connectivity index (χ0n) is 7.06. The number of hydrogen-bond donors (Lipinski definition) is 1. The molecule has 0 saturated heterocycles. The smallest absolute Gasteiger partial charge is 0.228 e. The third kappa shape index (κ3) is 1.42. The average molecular weight is 242 g/mol. The molecule has 0 atom stereocenters. The molecule has 4 heteroatoms. The van der Waals surface area contributed by atoms with Crippen LogP contribution < -0.4 is 10.1 Å². The van der Waals surface area contributed by atoms with E-state index in [4.69, 9.17) is 4.74 Å². The number of rotatable bonds is 1. The minimum atomic E-state index is 0.0198. The number of benzene rings is 1. The van der Waals surface area contributed by atoms with Crippen molar-refractivity contribution in [2.75, 3.05) is 12.4 Å². The van der Waals surface area contributed by atoms with E-state index in [0.29, 0.717) is 12.2 Å². The van der Waals surface area contributed by atoms with Gasteiger partial charge in [-0.3, -0.25) is 4.79 Å². The number of ether oxygens (including phenoxy) is 1. The topological polar surface area (TPSA) is 38.3 Å². The third-order valence-electron chi connectivity index (χ3n) is 1.98. The molecule has 68 valence electrons. The van der Waals surface area contributed by atoms with Crippen LogP contribution in [0.3, 0.4) is 0 Å². The third-order valence-corrected chi connectivity index (χ3v) is 2.44. The van der Waals surface area contributed by atoms with Crippen molar-refractivity contribution in [3.05, 3.63) is 22.2 Å². The number of hydrogen-bond acceptors (Lipinski definition) is 2. The molecule has 1 amide bonds. The van der Waals surface area contributed by atoms with E-state index in [1.54, 1.807) is 7.11 Å². The number of fused-ring (bicyclic) bond motifs is 1. The van der Waals surface area contributed by atoms with Crippen molar-refractivity contribution in [2.24, 2.45) is 0 Å². The van der Waals surface area contributed by atoms with Crippen LogP contribution in [0.25, 0.3) is 0 Å². The summed E-state index contributed by atoms with van der Waals surface area (Å²) < 4.78 is 6.07. The molecular weight excluding hydrogens is 234 g/mol. The van der Waals surface area contributed by atoms with Crippen LogP contribution in [0.1, 0.15) is 5.56 Å². The van der Waals surface area contributed by atoms with Crippen LogP contribution in [0.4, 0.5) is 5.69 Å². The summed E-state index contributed by atoms with van der Waals surface area (Å²) >= 11 is 3.36. The van der Waals surface area contributed by atoms with Gasteiger partial charge in [0.05, 0.1) is 19.2 Å². The van der Waals surface area contributed by atoms with Crippen molar-refractivity contribution in [3.8, 4) is 5.75 Å². The maximum absolute atomic E-state index is 11.1. The molecule has 1 aromatic carbocycles. The van der Waals surface area contributed by atoms with E-state index in [2.05, 4.69) is 21.2 Å². The first-order valence-corrected chi connectivity index (χ1v) is 4.66. The van der Waals surface area contributed by atoms with Crippen LogP contribution >= 0.6 is 15.9 Å². The highest BCUT2D eigenvalue weighted by Crippen LogP contribution is 2.35. The zero-order valence-corrected chi connectivity index (χ0v) is 8.64. The highest BCUT2D eigenvalue weighted by atomic mass is 79.9. The second-order valence-corrected chi connectivity index (χ2v) is 3.78. The van der Waals surface area contributed by atoms with Gasteiger partial charge < -0.3 is 10.1 Å². The first kappa shape index (κ1) is 8.56. The summed E-state index contributed by atoms with van der Waals surface area (Å²) in [6, 6.07) is 3.76. The van der Waals surface area contributed by atoms with Gasteiger partial charge in [-0.05, 0) is 17.7 Å². The molecule has 0 radical (unpaired) electrons. The summed E-state index contributed by atoms with van der Waals surface area (Å²) in [5, 5.41) is 2.76. The van der Waals surface area contributed by atoms with Crippen molar-refractivity contribution in [1.29, 1.82) is 0 Å². The molecule has 0 saturated carbocycles. The summed E-state index contributed by atoms with van der Waals surface area (Å²) in [5.41, 5.74) is 1.78. The number of anilines is 1. The van der Waals surface area contributed by atoms with Crippen molar-refractivity contribution in [2.45, 2.75) is 6.42 Å². The molecule has 3 nitrogen and oxygen atoms in total. The molecule has 1 aromatic rings. The molecule has 0 bridgehead atoms. The number of halogens is 1. The fourth-order valence-corrected chi connectivity index (χ4v) is 1.92. The standard InChI is InChI=1S/C9H8BrNO2/c1-13-7-4-6(10)2-5-3-8(12)11-9(5)7/h2,4H,3H2,1H3,(H,11,12). The fourth-order valence-electron chi connectivity index (χ4n) is 1.43. The Kier molecular flexibility index (Phi) is 2.00. The van der Waals surface area contributed by atoms with E-state index in [-0.39, 0.29) is 5.91 Å².